The molecule has 1 aliphatic heterocycles. The molecule has 208 valence electrons. The van der Waals surface area contributed by atoms with Crippen LogP contribution in [0.2, 0.25) is 0 Å². The Morgan fingerprint density at radius 3 is 2.45 bits per heavy atom. The number of likely N-dealkylation sites (N-methyl/N-ethyl adjacent to an activating group) is 1. The molecule has 6 rings (SSSR count). The zero-order valence-corrected chi connectivity index (χ0v) is 22.9. The van der Waals surface area contributed by atoms with Crippen LogP contribution in [0.3, 0.4) is 0 Å². The summed E-state index contributed by atoms with van der Waals surface area (Å²) in [7, 11) is 5.50. The minimum absolute atomic E-state index is 0.0480. The highest BCUT2D eigenvalue weighted by Gasteiger charge is 2.28. The van der Waals surface area contributed by atoms with E-state index in [9.17, 15) is 9.18 Å². The Morgan fingerprint density at radius 2 is 1.75 bits per heavy atom. The molecule has 1 aliphatic carbocycles. The number of nitrogens with one attached hydrogen (secondary N) is 1. The summed E-state index contributed by atoms with van der Waals surface area (Å²) in [5.74, 6) is 0.259. The van der Waals surface area contributed by atoms with Crippen LogP contribution in [0.15, 0.2) is 30.7 Å². The summed E-state index contributed by atoms with van der Waals surface area (Å²) in [6, 6.07) is 3.95. The molecule has 13 heteroatoms. The molecule has 0 unspecified atom stereocenters. The van der Waals surface area contributed by atoms with Crippen molar-refractivity contribution in [3.05, 3.63) is 42.4 Å². The minimum Gasteiger partial charge on any atom is -0.368 e. The first-order chi connectivity index (χ1) is 19.4. The number of halogens is 1. The molecule has 4 aromatic heterocycles. The fourth-order valence-electron chi connectivity index (χ4n) is 5.27. The first-order valence-corrected chi connectivity index (χ1v) is 13.5. The monoisotopic (exact) mass is 545 g/mol. The Bertz CT molecular complexity index is 1520. The normalized spacial score (nSPS) is 16.6. The number of hydrogen-bond acceptors (Lipinski definition) is 10. The van der Waals surface area contributed by atoms with E-state index in [-0.39, 0.29) is 29.4 Å². The maximum atomic E-state index is 15.0. The van der Waals surface area contributed by atoms with E-state index in [0.717, 1.165) is 63.7 Å². The molecule has 0 radical (unpaired) electrons. The summed E-state index contributed by atoms with van der Waals surface area (Å²) in [6.45, 7) is 3.91. The molecule has 1 N–H and O–H groups in total. The van der Waals surface area contributed by atoms with E-state index >= 15 is 0 Å². The SMILES string of the molecule is CN1CCN(c2ccc(Nc3ncc(F)c(-c4ncc5nc(C(=O)N(C)C)n(C6CCCC6)c5n4)n3)nc2)CC1. The fraction of sp³-hybridized carbons (Fsp3) is 0.444. The number of amides is 1. The van der Waals surface area contributed by atoms with Crippen LogP contribution in [-0.2, 0) is 0 Å². The van der Waals surface area contributed by atoms with Crippen LogP contribution in [0.1, 0.15) is 42.3 Å². The topological polar surface area (TPSA) is 121 Å². The fourth-order valence-corrected chi connectivity index (χ4v) is 5.27. The maximum absolute atomic E-state index is 15.0. The van der Waals surface area contributed by atoms with Crippen LogP contribution in [0, 0.1) is 5.82 Å². The molecular weight excluding hydrogens is 513 g/mol. The van der Waals surface area contributed by atoms with Gasteiger partial charge in [0.25, 0.3) is 5.91 Å². The molecule has 40 heavy (non-hydrogen) atoms. The number of piperazine rings is 1. The van der Waals surface area contributed by atoms with Crippen LogP contribution in [0.25, 0.3) is 22.7 Å². The number of rotatable bonds is 6. The van der Waals surface area contributed by atoms with Crippen molar-refractivity contribution in [1.82, 2.24) is 44.3 Å². The van der Waals surface area contributed by atoms with Gasteiger partial charge in [-0.25, -0.2) is 34.3 Å². The van der Waals surface area contributed by atoms with Gasteiger partial charge in [-0.3, -0.25) is 4.79 Å². The molecule has 0 atom stereocenters. The number of carbonyl (C=O) groups excluding carboxylic acids is 1. The quantitative estimate of drug-likeness (QED) is 0.387. The maximum Gasteiger partial charge on any atom is 0.289 e. The van der Waals surface area contributed by atoms with Gasteiger partial charge in [-0.05, 0) is 32.0 Å². The highest BCUT2D eigenvalue weighted by atomic mass is 19.1. The zero-order valence-electron chi connectivity index (χ0n) is 22.9. The van der Waals surface area contributed by atoms with Crippen LogP contribution >= 0.6 is 0 Å². The van der Waals surface area contributed by atoms with Crippen molar-refractivity contribution in [2.75, 3.05) is 57.5 Å². The number of anilines is 3. The predicted molar refractivity (Wildman–Crippen MR) is 149 cm³/mol. The lowest BCUT2D eigenvalue weighted by atomic mass is 10.2. The van der Waals surface area contributed by atoms with E-state index in [2.05, 4.69) is 52.1 Å². The predicted octanol–water partition coefficient (Wildman–Crippen LogP) is 3.13. The van der Waals surface area contributed by atoms with Crippen molar-refractivity contribution in [3.8, 4) is 11.5 Å². The Hall–Kier alpha value is -4.26. The van der Waals surface area contributed by atoms with Gasteiger partial charge in [0.1, 0.15) is 17.0 Å². The van der Waals surface area contributed by atoms with E-state index in [1.165, 1.54) is 11.1 Å². The van der Waals surface area contributed by atoms with Crippen molar-refractivity contribution in [2.45, 2.75) is 31.7 Å². The van der Waals surface area contributed by atoms with Crippen LogP contribution in [-0.4, -0.2) is 97.5 Å². The Kier molecular flexibility index (Phi) is 6.96. The first kappa shape index (κ1) is 26.0. The largest absolute Gasteiger partial charge is 0.368 e. The third-order valence-electron chi connectivity index (χ3n) is 7.53. The van der Waals surface area contributed by atoms with Crippen molar-refractivity contribution < 1.29 is 9.18 Å². The number of pyridine rings is 1. The van der Waals surface area contributed by atoms with E-state index in [0.29, 0.717) is 22.8 Å². The molecule has 2 fully saturated rings. The molecule has 12 nitrogen and oxygen atoms in total. The summed E-state index contributed by atoms with van der Waals surface area (Å²) in [5.41, 5.74) is 1.98. The van der Waals surface area contributed by atoms with Crippen molar-refractivity contribution in [3.63, 3.8) is 0 Å². The standard InChI is InChI=1S/C27H32FN11O/c1-36(2)26(40)25-32-20-16-30-23(35-24(20)39(25)17-6-4-5-7-17)22-19(28)15-31-27(34-22)33-21-9-8-18(14-29-21)38-12-10-37(3)11-13-38/h8-9,14-17H,4-7,10-13H2,1-3H3,(H,29,31,33,34). The van der Waals surface area contributed by atoms with Gasteiger partial charge in [0.2, 0.25) is 11.8 Å². The molecule has 0 spiro atoms. The lowest BCUT2D eigenvalue weighted by Crippen LogP contribution is -2.44. The first-order valence-electron chi connectivity index (χ1n) is 13.5. The average Bonchev–Trinajstić information content (AvgIpc) is 3.62. The number of fused-ring (bicyclic) bond motifs is 1. The second-order valence-corrected chi connectivity index (χ2v) is 10.6. The van der Waals surface area contributed by atoms with E-state index in [1.54, 1.807) is 14.1 Å². The lowest BCUT2D eigenvalue weighted by molar-refractivity contribution is 0.0809. The highest BCUT2D eigenvalue weighted by molar-refractivity contribution is 5.94. The summed E-state index contributed by atoms with van der Waals surface area (Å²) in [5, 5.41) is 3.05. The van der Waals surface area contributed by atoms with Gasteiger partial charge in [-0.15, -0.1) is 0 Å². The second-order valence-electron chi connectivity index (χ2n) is 10.6. The number of imidazole rings is 1. The molecule has 0 bridgehead atoms. The van der Waals surface area contributed by atoms with Crippen LogP contribution in [0.4, 0.5) is 21.8 Å². The van der Waals surface area contributed by atoms with Crippen molar-refractivity contribution >= 4 is 34.5 Å². The number of aromatic nitrogens is 7. The van der Waals surface area contributed by atoms with Crippen LogP contribution < -0.4 is 10.2 Å². The molecule has 1 amide bonds. The van der Waals surface area contributed by atoms with Gasteiger partial charge in [0.15, 0.2) is 17.3 Å². The molecule has 4 aromatic rings. The summed E-state index contributed by atoms with van der Waals surface area (Å²) in [6.07, 6.45) is 8.40. The molecule has 2 aliphatic rings. The zero-order chi connectivity index (χ0) is 27.8. The molecular formula is C27H32FN11O. The Labute approximate surface area is 231 Å². The molecule has 0 aromatic carbocycles. The number of hydrogen-bond donors (Lipinski definition) is 1. The average molecular weight is 546 g/mol. The molecule has 5 heterocycles. The summed E-state index contributed by atoms with van der Waals surface area (Å²) >= 11 is 0. The molecule has 1 saturated heterocycles. The van der Waals surface area contributed by atoms with Gasteiger partial charge >= 0.3 is 0 Å². The third kappa shape index (κ3) is 5.04. The number of nitrogens with zero attached hydrogens (tertiary/aromatic N) is 10. The van der Waals surface area contributed by atoms with Gasteiger partial charge in [-0.2, -0.15) is 0 Å². The van der Waals surface area contributed by atoms with E-state index < -0.39 is 5.82 Å². The smallest absolute Gasteiger partial charge is 0.289 e. The van der Waals surface area contributed by atoms with Crippen molar-refractivity contribution in [1.29, 1.82) is 0 Å². The lowest BCUT2D eigenvalue weighted by Gasteiger charge is -2.33. The van der Waals surface area contributed by atoms with E-state index in [1.807, 2.05) is 22.9 Å². The van der Waals surface area contributed by atoms with Gasteiger partial charge in [0.05, 0.1) is 24.3 Å². The van der Waals surface area contributed by atoms with Gasteiger partial charge in [0, 0.05) is 46.3 Å². The van der Waals surface area contributed by atoms with Crippen molar-refractivity contribution in [2.24, 2.45) is 0 Å². The molecule has 1 saturated carbocycles. The number of carbonyl (C=O) groups is 1. The van der Waals surface area contributed by atoms with Gasteiger partial charge < -0.3 is 24.6 Å². The summed E-state index contributed by atoms with van der Waals surface area (Å²) < 4.78 is 16.9. The second kappa shape index (κ2) is 10.7. The van der Waals surface area contributed by atoms with Gasteiger partial charge in [-0.1, -0.05) is 12.8 Å². The Balaban J connectivity index is 1.29. The van der Waals surface area contributed by atoms with Crippen LogP contribution in [0.5, 0.6) is 0 Å². The highest BCUT2D eigenvalue weighted by Crippen LogP contribution is 2.34. The third-order valence-corrected chi connectivity index (χ3v) is 7.53. The van der Waals surface area contributed by atoms with E-state index in [4.69, 9.17) is 0 Å². The summed E-state index contributed by atoms with van der Waals surface area (Å²) in [4.78, 5) is 45.6. The Morgan fingerprint density at radius 1 is 0.975 bits per heavy atom. The minimum atomic E-state index is -0.653.